The SMILES string of the molecule is C#CCOc1cnc(C(=O)Cc2cc(F)c(F)c([C@@]3(C)N=C(N)S[C@@]4(C(=O)N(C)C)C[C@H]43)c2)cn1. The number of nitrogens with two attached hydrogens (primary N) is 1. The third kappa shape index (κ3) is 4.34. The number of halogens is 2. The minimum atomic E-state index is -1.28. The van der Waals surface area contributed by atoms with E-state index in [2.05, 4.69) is 20.9 Å². The van der Waals surface area contributed by atoms with Gasteiger partial charge >= 0.3 is 0 Å². The first-order valence-electron chi connectivity index (χ1n) is 10.7. The Morgan fingerprint density at radius 1 is 1.31 bits per heavy atom. The number of aliphatic imine (C=N–C) groups is 1. The second kappa shape index (κ2) is 8.92. The molecular formula is C24H23F2N5O3S. The first kappa shape index (κ1) is 24.6. The number of Topliss-reactive ketones (excluding diaryl/α,β-unsaturated/α-hetero) is 1. The monoisotopic (exact) mass is 499 g/mol. The molecule has 11 heteroatoms. The number of ketones is 1. The van der Waals surface area contributed by atoms with Gasteiger partial charge in [-0.2, -0.15) is 0 Å². The number of carbonyl (C=O) groups is 2. The second-order valence-electron chi connectivity index (χ2n) is 8.82. The van der Waals surface area contributed by atoms with E-state index < -0.39 is 27.7 Å². The van der Waals surface area contributed by atoms with Crippen LogP contribution in [0.5, 0.6) is 5.88 Å². The molecule has 2 aromatic rings. The van der Waals surface area contributed by atoms with Gasteiger partial charge in [-0.3, -0.25) is 14.6 Å². The van der Waals surface area contributed by atoms with Crippen LogP contribution in [0.2, 0.25) is 0 Å². The lowest BCUT2D eigenvalue weighted by atomic mass is 9.84. The Morgan fingerprint density at radius 2 is 2.06 bits per heavy atom. The predicted octanol–water partition coefficient (Wildman–Crippen LogP) is 2.32. The van der Waals surface area contributed by atoms with Gasteiger partial charge in [0, 0.05) is 32.0 Å². The van der Waals surface area contributed by atoms with Crippen LogP contribution in [-0.2, 0) is 16.8 Å². The molecular weight excluding hydrogens is 476 g/mol. The minimum absolute atomic E-state index is 0.00625. The van der Waals surface area contributed by atoms with E-state index in [1.807, 2.05) is 0 Å². The summed E-state index contributed by atoms with van der Waals surface area (Å²) in [4.78, 5) is 39.5. The van der Waals surface area contributed by atoms with E-state index >= 15 is 4.39 Å². The zero-order valence-corrected chi connectivity index (χ0v) is 20.2. The van der Waals surface area contributed by atoms with E-state index in [-0.39, 0.29) is 52.7 Å². The molecule has 182 valence electrons. The number of amidine groups is 1. The number of rotatable bonds is 7. The molecule has 0 radical (unpaired) electrons. The summed E-state index contributed by atoms with van der Waals surface area (Å²) in [7, 11) is 3.27. The largest absolute Gasteiger partial charge is 0.463 e. The Balaban J connectivity index is 1.64. The lowest BCUT2D eigenvalue weighted by molar-refractivity contribution is -0.129. The maximum atomic E-state index is 15.1. The molecule has 0 spiro atoms. The lowest BCUT2D eigenvalue weighted by Crippen LogP contribution is -2.43. The van der Waals surface area contributed by atoms with Crippen molar-refractivity contribution in [2.24, 2.45) is 16.6 Å². The van der Waals surface area contributed by atoms with Crippen LogP contribution in [0.15, 0.2) is 29.5 Å². The Kier molecular flexibility index (Phi) is 6.27. The first-order chi connectivity index (χ1) is 16.5. The van der Waals surface area contributed by atoms with Crippen LogP contribution in [0.1, 0.15) is 35.0 Å². The molecule has 1 amide bonds. The summed E-state index contributed by atoms with van der Waals surface area (Å²) >= 11 is 1.15. The summed E-state index contributed by atoms with van der Waals surface area (Å²) in [6, 6.07) is 2.37. The molecule has 1 aliphatic carbocycles. The number of nitrogens with zero attached hydrogens (tertiary/aromatic N) is 4. The Hall–Kier alpha value is -3.52. The standard InChI is InChI=1S/C24H23F2N5O3S/c1-5-6-34-19-12-28-16(11-29-19)17(32)9-13-7-14(20(26)15(25)8-13)23(2)18-10-24(18,21(33)31(3)4)35-22(27)30-23/h1,7-8,11-12,18H,6,9-10H2,2-4H3,(H2,27,30)/t18-,23+,24-/m0/s1. The number of terminal acetylenes is 1. The number of amides is 1. The highest BCUT2D eigenvalue weighted by molar-refractivity contribution is 8.15. The van der Waals surface area contributed by atoms with Crippen LogP contribution in [0.3, 0.4) is 0 Å². The number of ether oxygens (including phenoxy) is 1. The molecule has 2 aliphatic rings. The van der Waals surface area contributed by atoms with Gasteiger partial charge in [0.2, 0.25) is 11.8 Å². The van der Waals surface area contributed by atoms with Gasteiger partial charge in [-0.05, 0) is 31.0 Å². The molecule has 1 saturated carbocycles. The van der Waals surface area contributed by atoms with Crippen molar-refractivity contribution in [1.82, 2.24) is 14.9 Å². The molecule has 1 aromatic heterocycles. The van der Waals surface area contributed by atoms with Crippen LogP contribution < -0.4 is 10.5 Å². The number of hydrogen-bond donors (Lipinski definition) is 1. The summed E-state index contributed by atoms with van der Waals surface area (Å²) < 4.78 is 34.1. The number of benzene rings is 1. The van der Waals surface area contributed by atoms with Crippen molar-refractivity contribution in [3.8, 4) is 18.2 Å². The number of aromatic nitrogens is 2. The fourth-order valence-corrected chi connectivity index (χ4v) is 5.97. The summed E-state index contributed by atoms with van der Waals surface area (Å²) in [5.41, 5.74) is 4.99. The Bertz CT molecular complexity index is 1280. The molecule has 3 atom stereocenters. The first-order valence-corrected chi connectivity index (χ1v) is 11.5. The zero-order valence-electron chi connectivity index (χ0n) is 19.3. The number of fused-ring (bicyclic) bond motifs is 1. The summed E-state index contributed by atoms with van der Waals surface area (Å²) in [6.07, 6.45) is 7.78. The van der Waals surface area contributed by atoms with Gasteiger partial charge in [0.05, 0.1) is 17.9 Å². The topological polar surface area (TPSA) is 111 Å². The second-order valence-corrected chi connectivity index (χ2v) is 10.2. The fraction of sp³-hybridized carbons (Fsp3) is 0.375. The number of carbonyl (C=O) groups excluding carboxylic acids is 2. The molecule has 0 unspecified atom stereocenters. The maximum absolute atomic E-state index is 15.1. The smallest absolute Gasteiger partial charge is 0.239 e. The van der Waals surface area contributed by atoms with Crippen molar-refractivity contribution in [3.05, 3.63) is 53.0 Å². The van der Waals surface area contributed by atoms with E-state index in [0.29, 0.717) is 6.42 Å². The lowest BCUT2D eigenvalue weighted by Gasteiger charge is -2.34. The van der Waals surface area contributed by atoms with E-state index in [1.165, 1.54) is 23.4 Å². The fourth-order valence-electron chi connectivity index (χ4n) is 4.47. The van der Waals surface area contributed by atoms with Gasteiger partial charge in [-0.15, -0.1) is 6.42 Å². The van der Waals surface area contributed by atoms with Gasteiger partial charge in [0.25, 0.3) is 0 Å². The average Bonchev–Trinajstić information content (AvgIpc) is 3.56. The van der Waals surface area contributed by atoms with Gasteiger partial charge in [0.1, 0.15) is 10.4 Å². The van der Waals surface area contributed by atoms with E-state index in [1.54, 1.807) is 21.0 Å². The number of hydrogen-bond acceptors (Lipinski definition) is 8. The van der Waals surface area contributed by atoms with Crippen LogP contribution in [0, 0.1) is 29.9 Å². The van der Waals surface area contributed by atoms with E-state index in [0.717, 1.165) is 17.8 Å². The highest BCUT2D eigenvalue weighted by Crippen LogP contribution is 2.66. The summed E-state index contributed by atoms with van der Waals surface area (Å²) in [5, 5.41) is 0.125. The van der Waals surface area contributed by atoms with Crippen molar-refractivity contribution < 1.29 is 23.1 Å². The number of thioether (sulfide) groups is 1. The highest BCUT2D eigenvalue weighted by atomic mass is 32.2. The van der Waals surface area contributed by atoms with Gasteiger partial charge in [-0.25, -0.2) is 18.7 Å². The van der Waals surface area contributed by atoms with Crippen molar-refractivity contribution in [1.29, 1.82) is 0 Å². The molecule has 2 N–H and O–H groups in total. The molecule has 1 aromatic carbocycles. The molecule has 4 rings (SSSR count). The molecule has 8 nitrogen and oxygen atoms in total. The average molecular weight is 500 g/mol. The van der Waals surface area contributed by atoms with Gasteiger partial charge in [-0.1, -0.05) is 17.7 Å². The van der Waals surface area contributed by atoms with Crippen LogP contribution in [0.4, 0.5) is 8.78 Å². The molecule has 1 aliphatic heterocycles. The molecule has 35 heavy (non-hydrogen) atoms. The third-order valence-electron chi connectivity index (χ3n) is 6.20. The van der Waals surface area contributed by atoms with E-state index in [4.69, 9.17) is 16.9 Å². The van der Waals surface area contributed by atoms with Crippen molar-refractivity contribution in [2.75, 3.05) is 20.7 Å². The van der Waals surface area contributed by atoms with Gasteiger partial charge < -0.3 is 15.4 Å². The van der Waals surface area contributed by atoms with Crippen LogP contribution in [0.25, 0.3) is 0 Å². The normalized spacial score (nSPS) is 24.6. The quantitative estimate of drug-likeness (QED) is 0.460. The van der Waals surface area contributed by atoms with Crippen molar-refractivity contribution >= 4 is 28.6 Å². The van der Waals surface area contributed by atoms with E-state index in [9.17, 15) is 14.0 Å². The molecule has 0 bridgehead atoms. The summed E-state index contributed by atoms with van der Waals surface area (Å²) in [6.45, 7) is 1.64. The Labute approximate surface area is 205 Å². The van der Waals surface area contributed by atoms with Crippen molar-refractivity contribution in [3.63, 3.8) is 0 Å². The molecule has 1 fully saturated rings. The van der Waals surface area contributed by atoms with Crippen molar-refractivity contribution in [2.45, 2.75) is 30.1 Å². The predicted molar refractivity (Wildman–Crippen MR) is 127 cm³/mol. The summed E-state index contributed by atoms with van der Waals surface area (Å²) in [5.74, 6) is -0.740. The third-order valence-corrected chi connectivity index (χ3v) is 7.49. The van der Waals surface area contributed by atoms with Crippen LogP contribution >= 0.6 is 11.8 Å². The minimum Gasteiger partial charge on any atom is -0.463 e. The van der Waals surface area contributed by atoms with Gasteiger partial charge in [0.15, 0.2) is 29.2 Å². The molecule has 0 saturated heterocycles. The maximum Gasteiger partial charge on any atom is 0.239 e. The highest BCUT2D eigenvalue weighted by Gasteiger charge is 2.71. The van der Waals surface area contributed by atoms with Crippen LogP contribution in [-0.4, -0.2) is 57.2 Å². The Morgan fingerprint density at radius 3 is 2.69 bits per heavy atom. The zero-order chi connectivity index (χ0) is 25.5. The molecule has 2 heterocycles.